The maximum Gasteiger partial charge on any atom is 0.124 e. The van der Waals surface area contributed by atoms with E-state index in [-0.39, 0.29) is 0 Å². The molecule has 0 amide bonds. The van der Waals surface area contributed by atoms with Crippen LogP contribution in [0, 0.1) is 0 Å². The zero-order valence-corrected chi connectivity index (χ0v) is 4.64. The molecule has 2 N–H and O–H groups in total. The standard InChI is InChI=1S/C4H11NO2/c1-3-7-5-4(2)6/h4-6H,3H2,1-2H3/t4-/m1/s1. The number of aliphatic hydroxyl groups excluding tert-OH is 1. The van der Waals surface area contributed by atoms with Gasteiger partial charge in [-0.15, -0.1) is 0 Å². The Morgan fingerprint density at radius 3 is 2.57 bits per heavy atom. The van der Waals surface area contributed by atoms with E-state index in [1.54, 1.807) is 6.92 Å². The van der Waals surface area contributed by atoms with Gasteiger partial charge in [0.1, 0.15) is 6.23 Å². The molecule has 1 atom stereocenters. The molecule has 0 fully saturated rings. The van der Waals surface area contributed by atoms with Crippen LogP contribution in [0.5, 0.6) is 0 Å². The van der Waals surface area contributed by atoms with Crippen LogP contribution in [0.15, 0.2) is 0 Å². The summed E-state index contributed by atoms with van der Waals surface area (Å²) in [6.07, 6.45) is -0.569. The van der Waals surface area contributed by atoms with Crippen molar-refractivity contribution in [3.8, 4) is 0 Å². The Morgan fingerprint density at radius 1 is 1.86 bits per heavy atom. The first-order chi connectivity index (χ1) is 3.27. The summed E-state index contributed by atoms with van der Waals surface area (Å²) < 4.78 is 0. The summed E-state index contributed by atoms with van der Waals surface area (Å²) in [6, 6.07) is 0. The van der Waals surface area contributed by atoms with Crippen LogP contribution in [0.3, 0.4) is 0 Å². The Hall–Kier alpha value is -0.120. The van der Waals surface area contributed by atoms with Crippen molar-refractivity contribution >= 4 is 0 Å². The number of aliphatic hydroxyl groups is 1. The van der Waals surface area contributed by atoms with Gasteiger partial charge in [-0.1, -0.05) is 0 Å². The Balaban J connectivity index is 2.68. The molecule has 44 valence electrons. The Morgan fingerprint density at radius 2 is 2.43 bits per heavy atom. The molecule has 0 radical (unpaired) electrons. The highest BCUT2D eigenvalue weighted by Crippen LogP contribution is 1.69. The van der Waals surface area contributed by atoms with E-state index in [0.717, 1.165) is 0 Å². The molecule has 0 rings (SSSR count). The minimum absolute atomic E-state index is 0.569. The van der Waals surface area contributed by atoms with E-state index >= 15 is 0 Å². The fraction of sp³-hybridized carbons (Fsp3) is 1.00. The molecule has 0 aliphatic rings. The van der Waals surface area contributed by atoms with Gasteiger partial charge in [-0.2, -0.15) is 5.48 Å². The second-order valence-corrected chi connectivity index (χ2v) is 1.23. The summed E-state index contributed by atoms with van der Waals surface area (Å²) in [5.74, 6) is 0. The van der Waals surface area contributed by atoms with E-state index in [9.17, 15) is 0 Å². The van der Waals surface area contributed by atoms with Crippen LogP contribution in [-0.2, 0) is 4.84 Å². The van der Waals surface area contributed by atoms with Gasteiger partial charge >= 0.3 is 0 Å². The van der Waals surface area contributed by atoms with Gasteiger partial charge in [-0.05, 0) is 13.8 Å². The predicted octanol–water partition coefficient (Wildman–Crippen LogP) is -0.134. The van der Waals surface area contributed by atoms with Crippen molar-refractivity contribution in [1.29, 1.82) is 0 Å². The number of hydroxylamine groups is 1. The minimum atomic E-state index is -0.569. The monoisotopic (exact) mass is 105 g/mol. The highest BCUT2D eigenvalue weighted by atomic mass is 16.7. The lowest BCUT2D eigenvalue weighted by Crippen LogP contribution is -2.25. The molecule has 0 aromatic carbocycles. The van der Waals surface area contributed by atoms with E-state index in [4.69, 9.17) is 5.11 Å². The van der Waals surface area contributed by atoms with Gasteiger partial charge in [0.25, 0.3) is 0 Å². The predicted molar refractivity (Wildman–Crippen MR) is 26.4 cm³/mol. The molecule has 0 aromatic heterocycles. The minimum Gasteiger partial charge on any atom is -0.377 e. The first kappa shape index (κ1) is 6.88. The summed E-state index contributed by atoms with van der Waals surface area (Å²) >= 11 is 0. The van der Waals surface area contributed by atoms with Crippen LogP contribution in [0.25, 0.3) is 0 Å². The molecule has 0 unspecified atom stereocenters. The largest absolute Gasteiger partial charge is 0.377 e. The van der Waals surface area contributed by atoms with Crippen molar-refractivity contribution in [3.05, 3.63) is 0 Å². The molecule has 0 aliphatic carbocycles. The molecule has 0 spiro atoms. The topological polar surface area (TPSA) is 41.5 Å². The van der Waals surface area contributed by atoms with Gasteiger partial charge in [-0.25, -0.2) is 0 Å². The first-order valence-corrected chi connectivity index (χ1v) is 2.32. The Labute approximate surface area is 43.2 Å². The Kier molecular flexibility index (Phi) is 3.98. The smallest absolute Gasteiger partial charge is 0.124 e. The molecule has 0 saturated heterocycles. The van der Waals surface area contributed by atoms with Crippen molar-refractivity contribution in [3.63, 3.8) is 0 Å². The van der Waals surface area contributed by atoms with Crippen molar-refractivity contribution in [2.24, 2.45) is 0 Å². The summed E-state index contributed by atoms with van der Waals surface area (Å²) in [7, 11) is 0. The van der Waals surface area contributed by atoms with Crippen molar-refractivity contribution in [2.75, 3.05) is 6.61 Å². The fourth-order valence-electron chi connectivity index (χ4n) is 0.204. The molecular formula is C4H11NO2. The van der Waals surface area contributed by atoms with Crippen LogP contribution >= 0.6 is 0 Å². The average Bonchev–Trinajstić information content (AvgIpc) is 1.61. The summed E-state index contributed by atoms with van der Waals surface area (Å²) in [5, 5.41) is 8.45. The second-order valence-electron chi connectivity index (χ2n) is 1.23. The molecule has 0 heterocycles. The third kappa shape index (κ3) is 5.88. The van der Waals surface area contributed by atoms with Crippen molar-refractivity contribution in [1.82, 2.24) is 5.48 Å². The maximum absolute atomic E-state index is 8.45. The van der Waals surface area contributed by atoms with E-state index in [0.29, 0.717) is 6.61 Å². The van der Waals surface area contributed by atoms with E-state index in [1.165, 1.54) is 0 Å². The molecule has 0 saturated carbocycles. The van der Waals surface area contributed by atoms with Gasteiger partial charge in [0.05, 0.1) is 6.61 Å². The number of hydrogen-bond acceptors (Lipinski definition) is 3. The van der Waals surface area contributed by atoms with Crippen molar-refractivity contribution < 1.29 is 9.94 Å². The summed E-state index contributed by atoms with van der Waals surface area (Å²) in [5.41, 5.74) is 2.35. The van der Waals surface area contributed by atoms with Gasteiger partial charge in [0.2, 0.25) is 0 Å². The van der Waals surface area contributed by atoms with Crippen LogP contribution in [0.4, 0.5) is 0 Å². The van der Waals surface area contributed by atoms with E-state index in [2.05, 4.69) is 10.3 Å². The highest BCUT2D eigenvalue weighted by Gasteiger charge is 1.87. The molecule has 7 heavy (non-hydrogen) atoms. The number of nitrogens with one attached hydrogen (secondary N) is 1. The number of hydrogen-bond donors (Lipinski definition) is 2. The quantitative estimate of drug-likeness (QED) is 0.388. The van der Waals surface area contributed by atoms with Crippen molar-refractivity contribution in [2.45, 2.75) is 20.1 Å². The maximum atomic E-state index is 8.45. The second kappa shape index (κ2) is 4.05. The third-order valence-electron chi connectivity index (χ3n) is 0.398. The fourth-order valence-corrected chi connectivity index (χ4v) is 0.204. The molecule has 3 heteroatoms. The van der Waals surface area contributed by atoms with Crippen LogP contribution in [0.2, 0.25) is 0 Å². The van der Waals surface area contributed by atoms with Gasteiger partial charge < -0.3 is 5.11 Å². The molecule has 0 aromatic rings. The SMILES string of the molecule is CCON[C@@H](C)O. The Bertz CT molecular complexity index is 38.7. The molecule has 0 bridgehead atoms. The highest BCUT2D eigenvalue weighted by molar-refractivity contribution is 4.24. The van der Waals surface area contributed by atoms with Gasteiger partial charge in [0.15, 0.2) is 0 Å². The van der Waals surface area contributed by atoms with Crippen LogP contribution in [-0.4, -0.2) is 17.9 Å². The third-order valence-corrected chi connectivity index (χ3v) is 0.398. The molecule has 0 aliphatic heterocycles. The lowest BCUT2D eigenvalue weighted by atomic mass is 10.7. The lowest BCUT2D eigenvalue weighted by molar-refractivity contribution is -0.0430. The normalized spacial score (nSPS) is 14.1. The zero-order chi connectivity index (χ0) is 5.70. The van der Waals surface area contributed by atoms with Gasteiger partial charge in [-0.3, -0.25) is 4.84 Å². The average molecular weight is 105 g/mol. The zero-order valence-electron chi connectivity index (χ0n) is 4.64. The summed E-state index contributed by atoms with van der Waals surface area (Å²) in [4.78, 5) is 4.59. The van der Waals surface area contributed by atoms with Crippen LogP contribution in [0.1, 0.15) is 13.8 Å². The molecule has 3 nitrogen and oxygen atoms in total. The van der Waals surface area contributed by atoms with Gasteiger partial charge in [0, 0.05) is 0 Å². The number of rotatable bonds is 3. The molecular weight excluding hydrogens is 94.0 g/mol. The van der Waals surface area contributed by atoms with E-state index < -0.39 is 6.23 Å². The summed E-state index contributed by atoms with van der Waals surface area (Å²) in [6.45, 7) is 4.01. The van der Waals surface area contributed by atoms with Crippen LogP contribution < -0.4 is 5.48 Å². The van der Waals surface area contributed by atoms with E-state index in [1.807, 2.05) is 6.92 Å². The first-order valence-electron chi connectivity index (χ1n) is 2.32. The lowest BCUT2D eigenvalue weighted by Gasteiger charge is -2.03.